The Labute approximate surface area is 148 Å². The minimum atomic E-state index is -0.325. The molecule has 1 aromatic rings. The van der Waals surface area contributed by atoms with Gasteiger partial charge < -0.3 is 10.1 Å². The Bertz CT molecular complexity index is 712. The molecule has 0 radical (unpaired) electrons. The molecule has 2 saturated carbocycles. The van der Waals surface area contributed by atoms with Crippen molar-refractivity contribution in [3.8, 4) is 0 Å². The number of benzene rings is 1. The van der Waals surface area contributed by atoms with Crippen molar-refractivity contribution in [1.82, 2.24) is 5.32 Å². The number of hydrogen-bond acceptors (Lipinski definition) is 3. The van der Waals surface area contributed by atoms with E-state index in [1.807, 2.05) is 12.1 Å². The quantitative estimate of drug-likeness (QED) is 0.913. The van der Waals surface area contributed by atoms with E-state index in [1.54, 1.807) is 17.0 Å². The first-order valence-electron chi connectivity index (χ1n) is 9.18. The maximum atomic E-state index is 12.7. The molecule has 2 amide bonds. The van der Waals surface area contributed by atoms with Gasteiger partial charge in [0.2, 0.25) is 0 Å². The van der Waals surface area contributed by atoms with Crippen LogP contribution in [0.1, 0.15) is 50.4 Å². The molecule has 134 valence electrons. The van der Waals surface area contributed by atoms with Crippen LogP contribution >= 0.6 is 0 Å². The van der Waals surface area contributed by atoms with Gasteiger partial charge in [0.15, 0.2) is 0 Å². The largest absolute Gasteiger partial charge is 0.447 e. The lowest BCUT2D eigenvalue weighted by Crippen LogP contribution is -2.46. The second kappa shape index (κ2) is 5.48. The zero-order chi connectivity index (χ0) is 17.8. The van der Waals surface area contributed by atoms with Crippen LogP contribution in [0.5, 0.6) is 0 Å². The van der Waals surface area contributed by atoms with Gasteiger partial charge in [-0.15, -0.1) is 0 Å². The topological polar surface area (TPSA) is 58.6 Å². The van der Waals surface area contributed by atoms with Crippen LogP contribution in [0.15, 0.2) is 24.3 Å². The maximum Gasteiger partial charge on any atom is 0.414 e. The highest BCUT2D eigenvalue weighted by Crippen LogP contribution is 2.65. The van der Waals surface area contributed by atoms with Gasteiger partial charge in [-0.3, -0.25) is 9.69 Å². The zero-order valence-corrected chi connectivity index (χ0v) is 15.2. The molecule has 3 aliphatic rings. The molecule has 2 aliphatic carbocycles. The summed E-state index contributed by atoms with van der Waals surface area (Å²) in [5.74, 6) is 0.677. The molecule has 5 heteroatoms. The number of ether oxygens (including phenoxy) is 1. The maximum absolute atomic E-state index is 12.7. The predicted molar refractivity (Wildman–Crippen MR) is 95.6 cm³/mol. The van der Waals surface area contributed by atoms with Gasteiger partial charge in [-0.1, -0.05) is 20.8 Å². The van der Waals surface area contributed by atoms with Crippen molar-refractivity contribution in [3.05, 3.63) is 29.8 Å². The fourth-order valence-electron chi connectivity index (χ4n) is 5.08. The summed E-state index contributed by atoms with van der Waals surface area (Å²) < 4.78 is 4.95. The molecule has 1 aromatic carbocycles. The Morgan fingerprint density at radius 2 is 1.96 bits per heavy atom. The molecule has 3 atom stereocenters. The molecule has 1 heterocycles. The van der Waals surface area contributed by atoms with Crippen LogP contribution in [0.4, 0.5) is 10.5 Å². The fraction of sp³-hybridized carbons (Fsp3) is 0.600. The van der Waals surface area contributed by atoms with Crippen LogP contribution in [-0.4, -0.2) is 31.2 Å². The van der Waals surface area contributed by atoms with Gasteiger partial charge >= 0.3 is 6.09 Å². The zero-order valence-electron chi connectivity index (χ0n) is 15.2. The first-order valence-corrected chi connectivity index (χ1v) is 9.18. The number of nitrogens with one attached hydrogen (secondary N) is 1. The number of hydrogen-bond donors (Lipinski definition) is 1. The summed E-state index contributed by atoms with van der Waals surface area (Å²) in [5, 5.41) is 3.28. The molecule has 2 bridgehead atoms. The van der Waals surface area contributed by atoms with E-state index in [0.717, 1.165) is 12.1 Å². The van der Waals surface area contributed by atoms with Crippen LogP contribution in [0, 0.1) is 16.7 Å². The number of cyclic esters (lactones) is 1. The third-order valence-corrected chi connectivity index (χ3v) is 7.30. The Hall–Kier alpha value is -2.04. The van der Waals surface area contributed by atoms with Crippen molar-refractivity contribution < 1.29 is 14.3 Å². The second-order valence-electron chi connectivity index (χ2n) is 8.45. The monoisotopic (exact) mass is 342 g/mol. The third-order valence-electron chi connectivity index (χ3n) is 7.30. The van der Waals surface area contributed by atoms with E-state index in [9.17, 15) is 9.59 Å². The molecule has 1 saturated heterocycles. The molecule has 25 heavy (non-hydrogen) atoms. The van der Waals surface area contributed by atoms with E-state index in [4.69, 9.17) is 4.74 Å². The Morgan fingerprint density at radius 3 is 2.48 bits per heavy atom. The van der Waals surface area contributed by atoms with Gasteiger partial charge in [0.1, 0.15) is 6.61 Å². The van der Waals surface area contributed by atoms with Gasteiger partial charge in [0, 0.05) is 17.3 Å². The molecule has 0 aromatic heterocycles. The molecule has 1 N–H and O–H groups in total. The Kier molecular flexibility index (Phi) is 3.60. The first kappa shape index (κ1) is 16.4. The number of fused-ring (bicyclic) bond motifs is 2. The summed E-state index contributed by atoms with van der Waals surface area (Å²) >= 11 is 0. The second-order valence-corrected chi connectivity index (χ2v) is 8.45. The molecule has 3 fully saturated rings. The number of rotatable bonds is 3. The van der Waals surface area contributed by atoms with E-state index in [0.29, 0.717) is 24.6 Å². The van der Waals surface area contributed by atoms with Crippen molar-refractivity contribution in [3.63, 3.8) is 0 Å². The van der Waals surface area contributed by atoms with E-state index >= 15 is 0 Å². The summed E-state index contributed by atoms with van der Waals surface area (Å²) in [5.41, 5.74) is 1.87. The van der Waals surface area contributed by atoms with Gasteiger partial charge in [-0.05, 0) is 60.3 Å². The van der Waals surface area contributed by atoms with Gasteiger partial charge in [0.05, 0.1) is 6.54 Å². The minimum absolute atomic E-state index is 0.0230. The SMILES string of the molecule is CC1(C)[C@@H]2CC[C@@]1(C)[C@H](NC(=O)c1ccc(N3CCOC3=O)cc1)C2. The third kappa shape index (κ3) is 2.35. The molecule has 1 aliphatic heterocycles. The fourth-order valence-corrected chi connectivity index (χ4v) is 5.08. The van der Waals surface area contributed by atoms with Crippen molar-refractivity contribution >= 4 is 17.7 Å². The van der Waals surface area contributed by atoms with Gasteiger partial charge in [-0.25, -0.2) is 4.79 Å². The lowest BCUT2D eigenvalue weighted by molar-refractivity contribution is 0.0826. The normalized spacial score (nSPS) is 32.8. The molecule has 0 spiro atoms. The average Bonchev–Trinajstić information content (AvgIpc) is 3.16. The van der Waals surface area contributed by atoms with E-state index in [-0.39, 0.29) is 28.9 Å². The van der Waals surface area contributed by atoms with Gasteiger partial charge in [-0.2, -0.15) is 0 Å². The number of carbonyl (C=O) groups is 2. The smallest absolute Gasteiger partial charge is 0.414 e. The van der Waals surface area contributed by atoms with Crippen LogP contribution in [0.3, 0.4) is 0 Å². The van der Waals surface area contributed by atoms with Crippen LogP contribution in [-0.2, 0) is 4.74 Å². The predicted octanol–water partition coefficient (Wildman–Crippen LogP) is 3.59. The Morgan fingerprint density at radius 1 is 1.24 bits per heavy atom. The standard InChI is InChI=1S/C20H26N2O3/c1-19(2)14-8-9-20(19,3)16(12-14)21-17(23)13-4-6-15(7-5-13)22-10-11-25-18(22)24/h4-7,14,16H,8-12H2,1-3H3,(H,21,23)/t14-,16-,20+/m1/s1. The minimum Gasteiger partial charge on any atom is -0.447 e. The molecule has 0 unspecified atom stereocenters. The molecular weight excluding hydrogens is 316 g/mol. The van der Waals surface area contributed by atoms with Crippen molar-refractivity contribution in [2.24, 2.45) is 16.7 Å². The highest BCUT2D eigenvalue weighted by atomic mass is 16.6. The summed E-state index contributed by atoms with van der Waals surface area (Å²) in [7, 11) is 0. The Balaban J connectivity index is 1.46. The molecular formula is C20H26N2O3. The van der Waals surface area contributed by atoms with Crippen LogP contribution in [0.25, 0.3) is 0 Å². The van der Waals surface area contributed by atoms with Gasteiger partial charge in [0.25, 0.3) is 5.91 Å². The van der Waals surface area contributed by atoms with Crippen molar-refractivity contribution in [2.75, 3.05) is 18.1 Å². The first-order chi connectivity index (χ1) is 11.8. The van der Waals surface area contributed by atoms with Crippen LogP contribution < -0.4 is 10.2 Å². The number of nitrogens with zero attached hydrogens (tertiary/aromatic N) is 1. The average molecular weight is 342 g/mol. The van der Waals surface area contributed by atoms with Crippen molar-refractivity contribution in [1.29, 1.82) is 0 Å². The van der Waals surface area contributed by atoms with Crippen LogP contribution in [0.2, 0.25) is 0 Å². The summed E-state index contributed by atoms with van der Waals surface area (Å²) in [6, 6.07) is 7.44. The lowest BCUT2D eigenvalue weighted by atomic mass is 9.69. The van der Waals surface area contributed by atoms with E-state index in [1.165, 1.54) is 12.8 Å². The molecule has 4 rings (SSSR count). The summed E-state index contributed by atoms with van der Waals surface area (Å²) in [4.78, 5) is 25.9. The van der Waals surface area contributed by atoms with E-state index in [2.05, 4.69) is 26.1 Å². The number of carbonyl (C=O) groups excluding carboxylic acids is 2. The highest BCUT2D eigenvalue weighted by molar-refractivity contribution is 5.96. The highest BCUT2D eigenvalue weighted by Gasteiger charge is 2.61. The number of anilines is 1. The lowest BCUT2D eigenvalue weighted by Gasteiger charge is -2.39. The number of amides is 2. The van der Waals surface area contributed by atoms with E-state index < -0.39 is 0 Å². The summed E-state index contributed by atoms with van der Waals surface area (Å²) in [6.07, 6.45) is 3.21. The summed E-state index contributed by atoms with van der Waals surface area (Å²) in [6.45, 7) is 7.99. The molecule has 5 nitrogen and oxygen atoms in total. The van der Waals surface area contributed by atoms with Crippen molar-refractivity contribution in [2.45, 2.75) is 46.1 Å².